The summed E-state index contributed by atoms with van der Waals surface area (Å²) in [4.78, 5) is 11.9. The lowest BCUT2D eigenvalue weighted by Gasteiger charge is -2.22. The number of nitrogen functional groups attached to an aromatic ring is 1. The first-order chi connectivity index (χ1) is 9.88. The fourth-order valence-electron chi connectivity index (χ4n) is 2.54. The van der Waals surface area contributed by atoms with Crippen LogP contribution in [0.3, 0.4) is 0 Å². The number of halogens is 1. The van der Waals surface area contributed by atoms with Gasteiger partial charge in [-0.1, -0.05) is 30.9 Å². The third kappa shape index (κ3) is 4.35. The van der Waals surface area contributed by atoms with E-state index in [0.29, 0.717) is 5.69 Å². The fourth-order valence-corrected chi connectivity index (χ4v) is 4.29. The largest absolute Gasteiger partial charge is 0.399 e. The zero-order valence-electron chi connectivity index (χ0n) is 11.6. The van der Waals surface area contributed by atoms with Crippen LogP contribution in [0.1, 0.15) is 32.1 Å². The van der Waals surface area contributed by atoms with Crippen molar-refractivity contribution in [1.29, 1.82) is 0 Å². The minimum absolute atomic E-state index is 0.0421. The summed E-state index contributed by atoms with van der Waals surface area (Å²) in [5, 5.41) is 2.83. The topological polar surface area (TPSA) is 89.3 Å². The highest BCUT2D eigenvalue weighted by molar-refractivity contribution is 7.92. The molecular weight excluding hydrogens is 312 g/mol. The molecule has 0 aliphatic heterocycles. The van der Waals surface area contributed by atoms with E-state index in [4.69, 9.17) is 17.3 Å². The second kappa shape index (κ2) is 6.66. The van der Waals surface area contributed by atoms with Gasteiger partial charge in [-0.3, -0.25) is 4.79 Å². The monoisotopic (exact) mass is 330 g/mol. The molecule has 1 saturated carbocycles. The van der Waals surface area contributed by atoms with Crippen molar-refractivity contribution in [2.24, 2.45) is 0 Å². The van der Waals surface area contributed by atoms with Crippen LogP contribution in [0.15, 0.2) is 23.1 Å². The van der Waals surface area contributed by atoms with Gasteiger partial charge in [0.15, 0.2) is 9.84 Å². The molecule has 2 rings (SSSR count). The number of anilines is 1. The van der Waals surface area contributed by atoms with Crippen LogP contribution in [0.5, 0.6) is 0 Å². The summed E-state index contributed by atoms with van der Waals surface area (Å²) in [7, 11) is -3.76. The Hall–Kier alpha value is -1.27. The van der Waals surface area contributed by atoms with E-state index in [0.717, 1.165) is 25.7 Å². The van der Waals surface area contributed by atoms with Crippen molar-refractivity contribution < 1.29 is 13.2 Å². The molecule has 21 heavy (non-hydrogen) atoms. The number of hydrogen-bond donors (Lipinski definition) is 2. The summed E-state index contributed by atoms with van der Waals surface area (Å²) in [5.41, 5.74) is 5.92. The van der Waals surface area contributed by atoms with Crippen molar-refractivity contribution in [3.63, 3.8) is 0 Å². The first kappa shape index (κ1) is 16.1. The molecule has 1 aromatic rings. The molecule has 0 aromatic heterocycles. The van der Waals surface area contributed by atoms with Crippen LogP contribution < -0.4 is 11.1 Å². The minimum Gasteiger partial charge on any atom is -0.399 e. The van der Waals surface area contributed by atoms with Crippen molar-refractivity contribution in [1.82, 2.24) is 5.32 Å². The number of carbonyl (C=O) groups excluding carboxylic acids is 1. The Bertz CT molecular complexity index is 625. The Morgan fingerprint density at radius 3 is 2.57 bits per heavy atom. The SMILES string of the molecule is Nc1ccc(S(=O)(=O)CC(=O)NC2CCCCC2)c(Cl)c1. The van der Waals surface area contributed by atoms with Gasteiger partial charge in [0.25, 0.3) is 0 Å². The number of rotatable bonds is 4. The number of hydrogen-bond acceptors (Lipinski definition) is 4. The first-order valence-corrected chi connectivity index (χ1v) is 8.98. The molecule has 5 nitrogen and oxygen atoms in total. The molecule has 0 heterocycles. The van der Waals surface area contributed by atoms with Gasteiger partial charge >= 0.3 is 0 Å². The predicted octanol–water partition coefficient (Wildman–Crippen LogP) is 2.14. The number of carbonyl (C=O) groups is 1. The molecule has 7 heteroatoms. The Morgan fingerprint density at radius 2 is 1.95 bits per heavy atom. The number of sulfone groups is 1. The Balaban J connectivity index is 2.04. The van der Waals surface area contributed by atoms with Crippen molar-refractivity contribution in [2.75, 3.05) is 11.5 Å². The lowest BCUT2D eigenvalue weighted by molar-refractivity contribution is -0.119. The second-order valence-corrected chi connectivity index (χ2v) is 7.72. The molecule has 1 aliphatic carbocycles. The molecule has 1 aromatic carbocycles. The van der Waals surface area contributed by atoms with E-state index in [2.05, 4.69) is 5.32 Å². The molecule has 0 radical (unpaired) electrons. The van der Waals surface area contributed by atoms with Gasteiger partial charge < -0.3 is 11.1 Å². The molecule has 0 unspecified atom stereocenters. The molecule has 0 saturated heterocycles. The summed E-state index contributed by atoms with van der Waals surface area (Å²) in [6.45, 7) is 0. The Morgan fingerprint density at radius 1 is 1.29 bits per heavy atom. The van der Waals surface area contributed by atoms with Crippen LogP contribution >= 0.6 is 11.6 Å². The fraction of sp³-hybridized carbons (Fsp3) is 0.500. The number of nitrogens with two attached hydrogens (primary N) is 1. The van der Waals surface area contributed by atoms with Gasteiger partial charge in [-0.15, -0.1) is 0 Å². The molecule has 1 fully saturated rings. The zero-order chi connectivity index (χ0) is 15.5. The highest BCUT2D eigenvalue weighted by Crippen LogP contribution is 2.25. The Labute approximate surface area is 129 Å². The number of nitrogens with one attached hydrogen (secondary N) is 1. The first-order valence-electron chi connectivity index (χ1n) is 6.95. The smallest absolute Gasteiger partial charge is 0.235 e. The average Bonchev–Trinajstić information content (AvgIpc) is 2.38. The van der Waals surface area contributed by atoms with Crippen LogP contribution in [0.2, 0.25) is 5.02 Å². The molecular formula is C14H19ClN2O3S. The van der Waals surface area contributed by atoms with Crippen LogP contribution in [0.25, 0.3) is 0 Å². The van der Waals surface area contributed by atoms with Crippen LogP contribution in [-0.2, 0) is 14.6 Å². The van der Waals surface area contributed by atoms with E-state index >= 15 is 0 Å². The maximum Gasteiger partial charge on any atom is 0.235 e. The predicted molar refractivity (Wildman–Crippen MR) is 82.9 cm³/mol. The van der Waals surface area contributed by atoms with E-state index in [9.17, 15) is 13.2 Å². The molecule has 0 spiro atoms. The zero-order valence-corrected chi connectivity index (χ0v) is 13.2. The molecule has 0 atom stereocenters. The minimum atomic E-state index is -3.76. The van der Waals surface area contributed by atoms with Crippen molar-refractivity contribution >= 4 is 33.0 Å². The molecule has 3 N–H and O–H groups in total. The third-order valence-electron chi connectivity index (χ3n) is 3.58. The second-order valence-electron chi connectivity index (χ2n) is 5.35. The standard InChI is InChI=1S/C14H19ClN2O3S/c15-12-8-10(16)6-7-13(12)21(19,20)9-14(18)17-11-4-2-1-3-5-11/h6-8,11H,1-5,9,16H2,(H,17,18). The highest BCUT2D eigenvalue weighted by Gasteiger charge is 2.24. The quantitative estimate of drug-likeness (QED) is 0.828. The summed E-state index contributed by atoms with van der Waals surface area (Å²) in [6.07, 6.45) is 5.14. The molecule has 0 bridgehead atoms. The lowest BCUT2D eigenvalue weighted by Crippen LogP contribution is -2.39. The Kier molecular flexibility index (Phi) is 5.11. The number of amides is 1. The summed E-state index contributed by atoms with van der Waals surface area (Å²) in [5.74, 6) is -1.07. The van der Waals surface area contributed by atoms with Gasteiger partial charge in [-0.2, -0.15) is 0 Å². The normalized spacial score (nSPS) is 16.6. The van der Waals surface area contributed by atoms with E-state index in [1.54, 1.807) is 0 Å². The van der Waals surface area contributed by atoms with Crippen LogP contribution in [0, 0.1) is 0 Å². The van der Waals surface area contributed by atoms with E-state index in [1.807, 2.05) is 0 Å². The maximum absolute atomic E-state index is 12.2. The number of benzene rings is 1. The average molecular weight is 331 g/mol. The van der Waals surface area contributed by atoms with E-state index in [1.165, 1.54) is 24.6 Å². The lowest BCUT2D eigenvalue weighted by atomic mass is 9.95. The van der Waals surface area contributed by atoms with Crippen LogP contribution in [0.4, 0.5) is 5.69 Å². The van der Waals surface area contributed by atoms with Crippen LogP contribution in [-0.4, -0.2) is 26.1 Å². The molecule has 1 aliphatic rings. The van der Waals surface area contributed by atoms with E-state index in [-0.39, 0.29) is 16.0 Å². The van der Waals surface area contributed by atoms with Gasteiger partial charge in [0, 0.05) is 11.7 Å². The third-order valence-corrected chi connectivity index (χ3v) is 5.68. The molecule has 116 valence electrons. The summed E-state index contributed by atoms with van der Waals surface area (Å²) in [6, 6.07) is 4.25. The maximum atomic E-state index is 12.2. The molecule has 1 amide bonds. The van der Waals surface area contributed by atoms with E-state index < -0.39 is 21.5 Å². The highest BCUT2D eigenvalue weighted by atomic mass is 35.5. The van der Waals surface area contributed by atoms with Gasteiger partial charge in [0.2, 0.25) is 5.91 Å². The van der Waals surface area contributed by atoms with Gasteiger partial charge in [-0.05, 0) is 31.0 Å². The summed E-state index contributed by atoms with van der Waals surface area (Å²) >= 11 is 5.90. The van der Waals surface area contributed by atoms with Crippen molar-refractivity contribution in [3.05, 3.63) is 23.2 Å². The van der Waals surface area contributed by atoms with Crippen molar-refractivity contribution in [2.45, 2.75) is 43.0 Å². The summed E-state index contributed by atoms with van der Waals surface area (Å²) < 4.78 is 24.5. The van der Waals surface area contributed by atoms with Gasteiger partial charge in [-0.25, -0.2) is 8.42 Å². The van der Waals surface area contributed by atoms with Gasteiger partial charge in [0.1, 0.15) is 5.75 Å². The van der Waals surface area contributed by atoms with Crippen molar-refractivity contribution in [3.8, 4) is 0 Å². The van der Waals surface area contributed by atoms with Gasteiger partial charge in [0.05, 0.1) is 9.92 Å².